The van der Waals surface area contributed by atoms with E-state index in [1.807, 2.05) is 0 Å². The average molecular weight is 287 g/mol. The van der Waals surface area contributed by atoms with Gasteiger partial charge in [-0.05, 0) is 37.1 Å². The summed E-state index contributed by atoms with van der Waals surface area (Å²) < 4.78 is 4.82. The molecule has 108 valence electrons. The molecule has 2 rings (SSSR count). The number of aromatic nitrogens is 2. The summed E-state index contributed by atoms with van der Waals surface area (Å²) in [6.07, 6.45) is 2.42. The number of nitrogens with zero attached hydrogens (tertiary/aromatic N) is 2. The number of carbonyl (C=O) groups excluding carboxylic acids is 1. The molecule has 1 aromatic heterocycles. The van der Waals surface area contributed by atoms with Crippen molar-refractivity contribution in [3.63, 3.8) is 0 Å². The van der Waals surface area contributed by atoms with Crippen LogP contribution >= 0.6 is 0 Å². The van der Waals surface area contributed by atoms with Crippen LogP contribution in [0.5, 0.6) is 0 Å². The highest BCUT2D eigenvalue weighted by Crippen LogP contribution is 2.14. The van der Waals surface area contributed by atoms with Crippen molar-refractivity contribution in [1.82, 2.24) is 10.1 Å². The number of carboxylic acids is 1. The minimum Gasteiger partial charge on any atom is -0.478 e. The number of hydrogen-bond donors (Lipinski definition) is 2. The molecule has 0 aliphatic carbocycles. The third-order valence-corrected chi connectivity index (χ3v) is 2.67. The van der Waals surface area contributed by atoms with Crippen molar-refractivity contribution in [2.75, 3.05) is 5.32 Å². The number of rotatable bonds is 4. The fourth-order valence-corrected chi connectivity index (χ4v) is 1.67. The number of aliphatic carboxylic acids is 1. The number of hydrogen-bond acceptors (Lipinski definition) is 5. The first-order valence-electron chi connectivity index (χ1n) is 6.09. The molecular weight excluding hydrogens is 274 g/mol. The van der Waals surface area contributed by atoms with Gasteiger partial charge in [-0.25, -0.2) is 4.79 Å². The molecule has 7 heteroatoms. The van der Waals surface area contributed by atoms with Crippen molar-refractivity contribution >= 4 is 24.0 Å². The number of carbonyl (C=O) groups is 2. The molecule has 0 spiro atoms. The third kappa shape index (κ3) is 3.75. The first kappa shape index (κ1) is 14.4. The maximum absolute atomic E-state index is 12.2. The van der Waals surface area contributed by atoms with Crippen LogP contribution in [0.15, 0.2) is 28.8 Å². The second-order valence-electron chi connectivity index (χ2n) is 4.35. The molecule has 21 heavy (non-hydrogen) atoms. The van der Waals surface area contributed by atoms with E-state index in [0.29, 0.717) is 17.0 Å². The molecule has 0 aliphatic heterocycles. The van der Waals surface area contributed by atoms with E-state index in [9.17, 15) is 9.59 Å². The van der Waals surface area contributed by atoms with Crippen LogP contribution in [0.2, 0.25) is 0 Å². The summed E-state index contributed by atoms with van der Waals surface area (Å²) in [6.45, 7) is 3.42. The fourth-order valence-electron chi connectivity index (χ4n) is 1.67. The monoisotopic (exact) mass is 287 g/mol. The van der Waals surface area contributed by atoms with E-state index in [0.717, 1.165) is 11.6 Å². The van der Waals surface area contributed by atoms with E-state index in [2.05, 4.69) is 15.5 Å². The lowest BCUT2D eigenvalue weighted by Crippen LogP contribution is -2.13. The topological polar surface area (TPSA) is 105 Å². The lowest BCUT2D eigenvalue weighted by atomic mass is 10.0. The number of carboxylic acid groups (broad SMARTS) is 1. The molecule has 0 bridgehead atoms. The zero-order chi connectivity index (χ0) is 15.4. The minimum atomic E-state index is -1.05. The Morgan fingerprint density at radius 1 is 1.33 bits per heavy atom. The molecule has 2 aromatic rings. The second kappa shape index (κ2) is 6.00. The highest BCUT2D eigenvalue weighted by Gasteiger charge is 2.13. The Labute approximate surface area is 120 Å². The number of benzene rings is 1. The molecule has 0 aliphatic rings. The van der Waals surface area contributed by atoms with E-state index in [4.69, 9.17) is 9.63 Å². The van der Waals surface area contributed by atoms with Crippen molar-refractivity contribution in [3.8, 4) is 0 Å². The normalized spacial score (nSPS) is 10.8. The highest BCUT2D eigenvalue weighted by atomic mass is 16.5. The molecule has 1 aromatic carbocycles. The molecule has 0 saturated heterocycles. The van der Waals surface area contributed by atoms with E-state index in [1.54, 1.807) is 32.0 Å². The third-order valence-electron chi connectivity index (χ3n) is 2.67. The van der Waals surface area contributed by atoms with Crippen LogP contribution < -0.4 is 5.32 Å². The quantitative estimate of drug-likeness (QED) is 0.833. The summed E-state index contributed by atoms with van der Waals surface area (Å²) in [4.78, 5) is 26.5. The molecule has 0 atom stereocenters. The van der Waals surface area contributed by atoms with Crippen LogP contribution in [0.1, 0.15) is 27.3 Å². The Balaban J connectivity index is 2.23. The van der Waals surface area contributed by atoms with E-state index >= 15 is 0 Å². The first-order chi connectivity index (χ1) is 9.95. The zero-order valence-electron chi connectivity index (χ0n) is 11.5. The summed E-state index contributed by atoms with van der Waals surface area (Å²) >= 11 is 0. The predicted octanol–water partition coefficient (Wildman–Crippen LogP) is 2.04. The molecule has 1 heterocycles. The Morgan fingerprint density at radius 3 is 2.71 bits per heavy atom. The van der Waals surface area contributed by atoms with Gasteiger partial charge in [-0.2, -0.15) is 4.98 Å². The Kier molecular flexibility index (Phi) is 4.13. The molecule has 7 nitrogen and oxygen atoms in total. The lowest BCUT2D eigenvalue weighted by Gasteiger charge is -2.05. The van der Waals surface area contributed by atoms with E-state index in [-0.39, 0.29) is 6.01 Å². The van der Waals surface area contributed by atoms with Crippen molar-refractivity contribution in [1.29, 1.82) is 0 Å². The Morgan fingerprint density at radius 2 is 2.10 bits per heavy atom. The lowest BCUT2D eigenvalue weighted by molar-refractivity contribution is -0.131. The van der Waals surface area contributed by atoms with Gasteiger partial charge in [0.2, 0.25) is 0 Å². The van der Waals surface area contributed by atoms with Crippen molar-refractivity contribution < 1.29 is 19.2 Å². The van der Waals surface area contributed by atoms with Crippen LogP contribution in [0.4, 0.5) is 6.01 Å². The zero-order valence-corrected chi connectivity index (χ0v) is 11.5. The molecule has 0 fully saturated rings. The van der Waals surface area contributed by atoms with Gasteiger partial charge in [0.05, 0.1) is 0 Å². The number of amides is 1. The Bertz CT molecular complexity index is 719. The predicted molar refractivity (Wildman–Crippen MR) is 74.8 cm³/mol. The van der Waals surface area contributed by atoms with Crippen molar-refractivity contribution in [3.05, 3.63) is 46.8 Å². The van der Waals surface area contributed by atoms with Gasteiger partial charge in [-0.1, -0.05) is 17.3 Å². The van der Waals surface area contributed by atoms with Gasteiger partial charge in [0.15, 0.2) is 5.82 Å². The van der Waals surface area contributed by atoms with Crippen LogP contribution in [-0.2, 0) is 4.79 Å². The number of nitrogens with one attached hydrogen (secondary N) is 1. The maximum atomic E-state index is 12.2. The van der Waals surface area contributed by atoms with Gasteiger partial charge in [0, 0.05) is 11.6 Å². The molecule has 1 amide bonds. The van der Waals surface area contributed by atoms with Crippen molar-refractivity contribution in [2.45, 2.75) is 13.8 Å². The average Bonchev–Trinajstić information content (AvgIpc) is 2.83. The molecule has 2 N–H and O–H groups in total. The van der Waals surface area contributed by atoms with Crippen molar-refractivity contribution in [2.24, 2.45) is 0 Å². The summed E-state index contributed by atoms with van der Waals surface area (Å²) in [5, 5.41) is 14.7. The van der Waals surface area contributed by atoms with Gasteiger partial charge in [-0.3, -0.25) is 10.1 Å². The van der Waals surface area contributed by atoms with Crippen LogP contribution in [0.3, 0.4) is 0 Å². The molecule has 0 unspecified atom stereocenters. The van der Waals surface area contributed by atoms with Crippen LogP contribution in [0.25, 0.3) is 6.08 Å². The maximum Gasteiger partial charge on any atom is 0.328 e. The SMILES string of the molecule is Cc1noc(NC(=O)c2cc(/C=C/C(=O)O)ccc2C)n1. The van der Waals surface area contributed by atoms with E-state index in [1.165, 1.54) is 6.08 Å². The van der Waals surface area contributed by atoms with Gasteiger partial charge in [0.25, 0.3) is 5.91 Å². The standard InChI is InChI=1S/C14H13N3O4/c1-8-3-4-10(5-6-12(18)19)7-11(8)13(20)16-14-15-9(2)17-21-14/h3-7H,1-2H3,(H,18,19)(H,15,16,17,20)/b6-5+. The first-order valence-corrected chi connectivity index (χ1v) is 6.09. The van der Waals surface area contributed by atoms with Crippen LogP contribution in [0, 0.1) is 13.8 Å². The highest BCUT2D eigenvalue weighted by molar-refractivity contribution is 6.04. The van der Waals surface area contributed by atoms with Gasteiger partial charge in [-0.15, -0.1) is 0 Å². The summed E-state index contributed by atoms with van der Waals surface area (Å²) in [5.74, 6) is -1.04. The number of anilines is 1. The molecule has 0 radical (unpaired) electrons. The number of aryl methyl sites for hydroxylation is 2. The molecule has 0 saturated carbocycles. The van der Waals surface area contributed by atoms with Gasteiger partial charge in [0.1, 0.15) is 0 Å². The summed E-state index contributed by atoms with van der Waals surface area (Å²) in [5.41, 5.74) is 1.75. The largest absolute Gasteiger partial charge is 0.478 e. The summed E-state index contributed by atoms with van der Waals surface area (Å²) in [7, 11) is 0. The molecular formula is C14H13N3O4. The van der Waals surface area contributed by atoms with Gasteiger partial charge >= 0.3 is 12.0 Å². The summed E-state index contributed by atoms with van der Waals surface area (Å²) in [6, 6.07) is 5.06. The fraction of sp³-hybridized carbons (Fsp3) is 0.143. The Hall–Kier alpha value is -2.96. The van der Waals surface area contributed by atoms with E-state index < -0.39 is 11.9 Å². The second-order valence-corrected chi connectivity index (χ2v) is 4.35. The smallest absolute Gasteiger partial charge is 0.328 e. The van der Waals surface area contributed by atoms with Crippen LogP contribution in [-0.4, -0.2) is 27.1 Å². The van der Waals surface area contributed by atoms with Gasteiger partial charge < -0.3 is 9.63 Å². The minimum absolute atomic E-state index is 0.0170.